The van der Waals surface area contributed by atoms with Gasteiger partial charge in [0.1, 0.15) is 5.82 Å². The molecule has 6 heteroatoms. The summed E-state index contributed by atoms with van der Waals surface area (Å²) in [4.78, 5) is 13.9. The van der Waals surface area contributed by atoms with Gasteiger partial charge in [0.2, 0.25) is 0 Å². The molecule has 0 N–H and O–H groups in total. The highest BCUT2D eigenvalue weighted by Gasteiger charge is 2.30. The van der Waals surface area contributed by atoms with Gasteiger partial charge in [0.15, 0.2) is 10.9 Å². The number of hydrogen-bond acceptors (Lipinski definition) is 5. The van der Waals surface area contributed by atoms with Crippen LogP contribution in [-0.4, -0.2) is 26.3 Å². The summed E-state index contributed by atoms with van der Waals surface area (Å²) >= 11 is 3.26. The van der Waals surface area contributed by atoms with E-state index in [1.165, 1.54) is 35.0 Å². The smallest absolute Gasteiger partial charge is 0.191 e. The van der Waals surface area contributed by atoms with Crippen LogP contribution in [0.15, 0.2) is 46.9 Å². The Morgan fingerprint density at radius 2 is 2.04 bits per heavy atom. The van der Waals surface area contributed by atoms with Crippen molar-refractivity contribution in [2.45, 2.75) is 50.2 Å². The molecule has 4 rings (SSSR count). The number of ketones is 1. The van der Waals surface area contributed by atoms with Crippen molar-refractivity contribution >= 4 is 28.9 Å². The van der Waals surface area contributed by atoms with Crippen molar-refractivity contribution in [2.75, 3.05) is 5.75 Å². The molecule has 1 saturated carbocycles. The van der Waals surface area contributed by atoms with Crippen LogP contribution in [0.3, 0.4) is 0 Å². The molecule has 0 spiro atoms. The highest BCUT2D eigenvalue weighted by Crippen LogP contribution is 2.39. The van der Waals surface area contributed by atoms with Crippen LogP contribution in [0.1, 0.15) is 58.9 Å². The number of rotatable bonds is 9. The molecule has 0 bridgehead atoms. The van der Waals surface area contributed by atoms with E-state index >= 15 is 0 Å². The van der Waals surface area contributed by atoms with Crippen molar-refractivity contribution in [3.05, 3.63) is 63.6 Å². The Hall–Kier alpha value is -1.92. The van der Waals surface area contributed by atoms with Crippen LogP contribution >= 0.6 is 23.1 Å². The van der Waals surface area contributed by atoms with Gasteiger partial charge in [-0.3, -0.25) is 4.79 Å². The maximum Gasteiger partial charge on any atom is 0.191 e. The fourth-order valence-electron chi connectivity index (χ4n) is 3.15. The first-order valence-electron chi connectivity index (χ1n) is 9.45. The van der Waals surface area contributed by atoms with Gasteiger partial charge >= 0.3 is 0 Å². The number of aryl methyl sites for hydroxylation is 1. The molecule has 1 aromatic carbocycles. The fraction of sp³-hybridized carbons (Fsp3) is 0.381. The third-order valence-corrected chi connectivity index (χ3v) is 6.53. The molecule has 2 heterocycles. The predicted octanol–water partition coefficient (Wildman–Crippen LogP) is 5.19. The van der Waals surface area contributed by atoms with Crippen LogP contribution < -0.4 is 0 Å². The molecular formula is C21H23N3OS2. The van der Waals surface area contributed by atoms with Crippen LogP contribution in [0.4, 0.5) is 0 Å². The number of thiophene rings is 1. The molecule has 0 radical (unpaired) electrons. The average molecular weight is 398 g/mol. The number of nitrogens with zero attached hydrogens (tertiary/aromatic N) is 3. The maximum absolute atomic E-state index is 12.6. The first-order chi connectivity index (χ1) is 13.2. The quantitative estimate of drug-likeness (QED) is 0.368. The van der Waals surface area contributed by atoms with E-state index in [1.807, 2.05) is 12.1 Å². The number of thioether (sulfide) groups is 1. The van der Waals surface area contributed by atoms with Crippen molar-refractivity contribution in [2.24, 2.45) is 0 Å². The summed E-state index contributed by atoms with van der Waals surface area (Å²) in [5.74, 6) is 1.56. The molecule has 0 atom stereocenters. The second kappa shape index (κ2) is 8.40. The van der Waals surface area contributed by atoms with Gasteiger partial charge in [0.05, 0.1) is 5.75 Å². The molecule has 0 amide bonds. The molecule has 0 saturated heterocycles. The van der Waals surface area contributed by atoms with Gasteiger partial charge in [0.25, 0.3) is 0 Å². The lowest BCUT2D eigenvalue weighted by molar-refractivity contribution is 0.102. The van der Waals surface area contributed by atoms with Crippen molar-refractivity contribution < 1.29 is 4.79 Å². The lowest BCUT2D eigenvalue weighted by Gasteiger charge is -2.08. The molecule has 27 heavy (non-hydrogen) atoms. The van der Waals surface area contributed by atoms with Gasteiger partial charge in [0, 0.05) is 22.9 Å². The van der Waals surface area contributed by atoms with Crippen molar-refractivity contribution in [3.8, 4) is 0 Å². The van der Waals surface area contributed by atoms with E-state index in [9.17, 15) is 4.79 Å². The summed E-state index contributed by atoms with van der Waals surface area (Å²) in [5.41, 5.74) is 2.06. The van der Waals surface area contributed by atoms with Gasteiger partial charge in [-0.05, 0) is 36.3 Å². The minimum Gasteiger partial charge on any atom is -0.303 e. The standard InChI is InChI=1S/C21H23N3OS2/c1-2-4-15-6-8-16(9-7-15)19(25)14-27-21-23-22-20(24(21)17-10-11-17)13-18-5-3-12-26-18/h3,5-9,12,17H,2,4,10-11,13-14H2,1H3. The van der Waals surface area contributed by atoms with Crippen LogP contribution in [0.2, 0.25) is 0 Å². The van der Waals surface area contributed by atoms with Crippen molar-refractivity contribution in [3.63, 3.8) is 0 Å². The zero-order chi connectivity index (χ0) is 18.6. The minimum absolute atomic E-state index is 0.146. The SMILES string of the molecule is CCCc1ccc(C(=O)CSc2nnc(Cc3cccs3)n2C2CC2)cc1. The monoisotopic (exact) mass is 397 g/mol. The molecule has 1 fully saturated rings. The number of carbonyl (C=O) groups is 1. The Bertz CT molecular complexity index is 896. The molecule has 0 aliphatic heterocycles. The zero-order valence-corrected chi connectivity index (χ0v) is 17.1. The predicted molar refractivity (Wildman–Crippen MR) is 111 cm³/mol. The van der Waals surface area contributed by atoms with E-state index in [-0.39, 0.29) is 5.78 Å². The molecule has 3 aromatic rings. The number of hydrogen-bond donors (Lipinski definition) is 0. The number of Topliss-reactive ketones (excluding diaryl/α,β-unsaturated/α-hetero) is 1. The normalized spacial score (nSPS) is 13.8. The van der Waals surface area contributed by atoms with Crippen LogP contribution in [0.5, 0.6) is 0 Å². The highest BCUT2D eigenvalue weighted by molar-refractivity contribution is 7.99. The summed E-state index contributed by atoms with van der Waals surface area (Å²) in [6.07, 6.45) is 5.34. The molecule has 140 valence electrons. The van der Waals surface area contributed by atoms with Gasteiger partial charge in [-0.15, -0.1) is 21.5 Å². The van der Waals surface area contributed by atoms with E-state index in [4.69, 9.17) is 0 Å². The molecule has 1 aliphatic rings. The summed E-state index contributed by atoms with van der Waals surface area (Å²) in [6, 6.07) is 12.7. The molecule has 4 nitrogen and oxygen atoms in total. The lowest BCUT2D eigenvalue weighted by Crippen LogP contribution is -2.06. The molecule has 2 aromatic heterocycles. The summed E-state index contributed by atoms with van der Waals surface area (Å²) < 4.78 is 2.25. The maximum atomic E-state index is 12.6. The fourth-order valence-corrected chi connectivity index (χ4v) is 4.77. The third kappa shape index (κ3) is 4.50. The van der Waals surface area contributed by atoms with E-state index in [1.54, 1.807) is 11.3 Å². The zero-order valence-electron chi connectivity index (χ0n) is 15.4. The second-order valence-corrected chi connectivity index (χ2v) is 8.89. The Morgan fingerprint density at radius 3 is 2.70 bits per heavy atom. The number of carbonyl (C=O) groups excluding carboxylic acids is 1. The molecule has 0 unspecified atom stereocenters. The second-order valence-electron chi connectivity index (χ2n) is 6.91. The first kappa shape index (κ1) is 18.4. The Morgan fingerprint density at radius 1 is 1.22 bits per heavy atom. The van der Waals surface area contributed by atoms with E-state index in [2.05, 4.69) is 51.3 Å². The van der Waals surface area contributed by atoms with Crippen molar-refractivity contribution in [1.29, 1.82) is 0 Å². The minimum atomic E-state index is 0.146. The largest absolute Gasteiger partial charge is 0.303 e. The van der Waals surface area contributed by atoms with Crippen LogP contribution in [-0.2, 0) is 12.8 Å². The topological polar surface area (TPSA) is 47.8 Å². The van der Waals surface area contributed by atoms with Crippen molar-refractivity contribution in [1.82, 2.24) is 14.8 Å². The molecule has 1 aliphatic carbocycles. The highest BCUT2D eigenvalue weighted by atomic mass is 32.2. The Balaban J connectivity index is 1.43. The van der Waals surface area contributed by atoms with E-state index < -0.39 is 0 Å². The van der Waals surface area contributed by atoms with Gasteiger partial charge < -0.3 is 4.57 Å². The van der Waals surface area contributed by atoms with Crippen LogP contribution in [0, 0.1) is 0 Å². The van der Waals surface area contributed by atoms with Gasteiger partial charge in [-0.25, -0.2) is 0 Å². The summed E-state index contributed by atoms with van der Waals surface area (Å²) in [5, 5.41) is 11.8. The van der Waals surface area contributed by atoms with E-state index in [0.29, 0.717) is 11.8 Å². The lowest BCUT2D eigenvalue weighted by atomic mass is 10.1. The summed E-state index contributed by atoms with van der Waals surface area (Å²) in [6.45, 7) is 2.17. The third-order valence-electron chi connectivity index (χ3n) is 4.71. The van der Waals surface area contributed by atoms with Crippen LogP contribution in [0.25, 0.3) is 0 Å². The number of benzene rings is 1. The van der Waals surface area contributed by atoms with Gasteiger partial charge in [-0.1, -0.05) is 55.4 Å². The summed E-state index contributed by atoms with van der Waals surface area (Å²) in [7, 11) is 0. The average Bonchev–Trinajstić information content (AvgIpc) is 3.23. The Kier molecular flexibility index (Phi) is 5.74. The number of aromatic nitrogens is 3. The molecular weight excluding hydrogens is 374 g/mol. The van der Waals surface area contributed by atoms with Gasteiger partial charge in [-0.2, -0.15) is 0 Å². The Labute approximate surface area is 168 Å². The first-order valence-corrected chi connectivity index (χ1v) is 11.3. The van der Waals surface area contributed by atoms with E-state index in [0.717, 1.165) is 35.8 Å².